The highest BCUT2D eigenvalue weighted by atomic mass is 16.5. The van der Waals surface area contributed by atoms with Crippen LogP contribution in [0.3, 0.4) is 0 Å². The molecule has 1 aromatic heterocycles. The standard InChI is InChI=1S/C15H16O4/c1-4-10-5-6-11-9(2)12(8-14(16)18-3)15(17)19-13(11)7-10/h5-7H,4,8H2,1-3H3. The largest absolute Gasteiger partial charge is 0.469 e. The van der Waals surface area contributed by atoms with Crippen LogP contribution in [0.2, 0.25) is 0 Å². The van der Waals surface area contributed by atoms with Gasteiger partial charge in [-0.1, -0.05) is 19.1 Å². The van der Waals surface area contributed by atoms with Crippen LogP contribution >= 0.6 is 0 Å². The van der Waals surface area contributed by atoms with Crippen LogP contribution in [-0.2, 0) is 22.4 Å². The third kappa shape index (κ3) is 2.52. The van der Waals surface area contributed by atoms with Gasteiger partial charge in [-0.2, -0.15) is 0 Å². The number of carbonyl (C=O) groups is 1. The van der Waals surface area contributed by atoms with Crippen LogP contribution in [0, 0.1) is 6.92 Å². The highest BCUT2D eigenvalue weighted by Crippen LogP contribution is 2.21. The molecule has 0 saturated carbocycles. The average Bonchev–Trinajstić information content (AvgIpc) is 2.42. The van der Waals surface area contributed by atoms with E-state index in [-0.39, 0.29) is 6.42 Å². The maximum Gasteiger partial charge on any atom is 0.340 e. The van der Waals surface area contributed by atoms with E-state index < -0.39 is 11.6 Å². The molecule has 0 radical (unpaired) electrons. The Bertz CT molecular complexity index is 682. The molecule has 0 amide bonds. The monoisotopic (exact) mass is 260 g/mol. The lowest BCUT2D eigenvalue weighted by molar-refractivity contribution is -0.139. The van der Waals surface area contributed by atoms with E-state index in [2.05, 4.69) is 4.74 Å². The van der Waals surface area contributed by atoms with E-state index in [1.807, 2.05) is 32.0 Å². The summed E-state index contributed by atoms with van der Waals surface area (Å²) in [5.74, 6) is -0.445. The van der Waals surface area contributed by atoms with Crippen molar-refractivity contribution >= 4 is 16.9 Å². The molecule has 0 aliphatic rings. The van der Waals surface area contributed by atoms with Gasteiger partial charge in [-0.25, -0.2) is 4.79 Å². The number of aryl methyl sites for hydroxylation is 2. The molecule has 4 nitrogen and oxygen atoms in total. The molecule has 0 aliphatic carbocycles. The normalized spacial score (nSPS) is 10.7. The Morgan fingerprint density at radius 2 is 2.11 bits per heavy atom. The van der Waals surface area contributed by atoms with Crippen LogP contribution in [-0.4, -0.2) is 13.1 Å². The zero-order valence-corrected chi connectivity index (χ0v) is 11.3. The summed E-state index contributed by atoms with van der Waals surface area (Å²) in [5.41, 5.74) is 2.35. The van der Waals surface area contributed by atoms with E-state index in [1.54, 1.807) is 0 Å². The zero-order chi connectivity index (χ0) is 14.0. The van der Waals surface area contributed by atoms with Gasteiger partial charge >= 0.3 is 11.6 Å². The van der Waals surface area contributed by atoms with Crippen molar-refractivity contribution < 1.29 is 13.9 Å². The number of benzene rings is 1. The first kappa shape index (κ1) is 13.3. The van der Waals surface area contributed by atoms with Crippen LogP contribution < -0.4 is 5.63 Å². The maximum atomic E-state index is 11.9. The Morgan fingerprint density at radius 3 is 2.74 bits per heavy atom. The lowest BCUT2D eigenvalue weighted by Gasteiger charge is -2.07. The highest BCUT2D eigenvalue weighted by molar-refractivity contribution is 5.83. The Kier molecular flexibility index (Phi) is 3.69. The predicted octanol–water partition coefficient (Wildman–Crippen LogP) is 2.38. The molecule has 100 valence electrons. The molecule has 2 aromatic rings. The molecule has 0 atom stereocenters. The van der Waals surface area contributed by atoms with Gasteiger partial charge in [0, 0.05) is 5.39 Å². The van der Waals surface area contributed by atoms with Crippen molar-refractivity contribution in [1.82, 2.24) is 0 Å². The van der Waals surface area contributed by atoms with Gasteiger partial charge in [0.15, 0.2) is 0 Å². The van der Waals surface area contributed by atoms with Crippen molar-refractivity contribution in [2.45, 2.75) is 26.7 Å². The van der Waals surface area contributed by atoms with Crippen molar-refractivity contribution in [2.24, 2.45) is 0 Å². The minimum Gasteiger partial charge on any atom is -0.469 e. The smallest absolute Gasteiger partial charge is 0.340 e. The summed E-state index contributed by atoms with van der Waals surface area (Å²) in [6.45, 7) is 3.86. The Hall–Kier alpha value is -2.10. The first-order valence-corrected chi connectivity index (χ1v) is 6.18. The van der Waals surface area contributed by atoms with E-state index in [4.69, 9.17) is 4.42 Å². The number of esters is 1. The summed E-state index contributed by atoms with van der Waals surface area (Å²) in [7, 11) is 1.30. The lowest BCUT2D eigenvalue weighted by atomic mass is 10.0. The summed E-state index contributed by atoms with van der Waals surface area (Å²) in [6, 6.07) is 5.79. The van der Waals surface area contributed by atoms with Gasteiger partial charge in [-0.15, -0.1) is 0 Å². The fourth-order valence-corrected chi connectivity index (χ4v) is 2.08. The SMILES string of the molecule is CCc1ccc2c(C)c(CC(=O)OC)c(=O)oc2c1. The molecule has 0 bridgehead atoms. The Balaban J connectivity index is 2.62. The van der Waals surface area contributed by atoms with Gasteiger partial charge in [0.1, 0.15) is 5.58 Å². The van der Waals surface area contributed by atoms with Crippen LogP contribution in [0.1, 0.15) is 23.6 Å². The second kappa shape index (κ2) is 5.26. The second-order valence-corrected chi connectivity index (χ2v) is 4.43. The van der Waals surface area contributed by atoms with Gasteiger partial charge in [0.05, 0.1) is 19.1 Å². The summed E-state index contributed by atoms with van der Waals surface area (Å²) < 4.78 is 9.89. The molecule has 1 aromatic carbocycles. The molecular weight excluding hydrogens is 244 g/mol. The van der Waals surface area contributed by atoms with Crippen molar-refractivity contribution in [3.63, 3.8) is 0 Å². The summed E-state index contributed by atoms with van der Waals surface area (Å²) in [5, 5.41) is 0.857. The average molecular weight is 260 g/mol. The maximum absolute atomic E-state index is 11.9. The highest BCUT2D eigenvalue weighted by Gasteiger charge is 2.15. The number of hydrogen-bond acceptors (Lipinski definition) is 4. The minimum absolute atomic E-state index is 0.0594. The first-order valence-electron chi connectivity index (χ1n) is 6.18. The van der Waals surface area contributed by atoms with Gasteiger partial charge in [-0.05, 0) is 30.5 Å². The predicted molar refractivity (Wildman–Crippen MR) is 72.3 cm³/mol. The van der Waals surface area contributed by atoms with Crippen LogP contribution in [0.25, 0.3) is 11.0 Å². The topological polar surface area (TPSA) is 56.5 Å². The van der Waals surface area contributed by atoms with Crippen molar-refractivity contribution in [3.8, 4) is 0 Å². The minimum atomic E-state index is -0.469. The molecule has 0 aliphatic heterocycles. The molecule has 2 rings (SSSR count). The van der Waals surface area contributed by atoms with Gasteiger partial charge < -0.3 is 9.15 Å². The van der Waals surface area contributed by atoms with Crippen LogP contribution in [0.5, 0.6) is 0 Å². The fourth-order valence-electron chi connectivity index (χ4n) is 2.08. The number of ether oxygens (including phenoxy) is 1. The molecule has 1 heterocycles. The Labute approximate surface area is 111 Å². The number of fused-ring (bicyclic) bond motifs is 1. The van der Waals surface area contributed by atoms with Crippen LogP contribution in [0.4, 0.5) is 0 Å². The zero-order valence-electron chi connectivity index (χ0n) is 11.3. The van der Waals surface area contributed by atoms with E-state index in [0.717, 1.165) is 22.9 Å². The second-order valence-electron chi connectivity index (χ2n) is 4.43. The summed E-state index contributed by atoms with van der Waals surface area (Å²) >= 11 is 0. The number of methoxy groups -OCH3 is 1. The summed E-state index contributed by atoms with van der Waals surface area (Å²) in [6.07, 6.45) is 0.818. The Morgan fingerprint density at radius 1 is 1.37 bits per heavy atom. The van der Waals surface area contributed by atoms with Gasteiger partial charge in [0.25, 0.3) is 0 Å². The van der Waals surface area contributed by atoms with E-state index in [9.17, 15) is 9.59 Å². The molecule has 0 unspecified atom stereocenters. The molecule has 0 fully saturated rings. The van der Waals surface area contributed by atoms with E-state index in [0.29, 0.717) is 11.1 Å². The third-order valence-corrected chi connectivity index (χ3v) is 3.31. The number of rotatable bonds is 3. The lowest BCUT2D eigenvalue weighted by Crippen LogP contribution is -2.16. The molecule has 0 saturated heterocycles. The fraction of sp³-hybridized carbons (Fsp3) is 0.333. The van der Waals surface area contributed by atoms with Crippen molar-refractivity contribution in [1.29, 1.82) is 0 Å². The quantitative estimate of drug-likeness (QED) is 0.628. The van der Waals surface area contributed by atoms with Crippen LogP contribution in [0.15, 0.2) is 27.4 Å². The third-order valence-electron chi connectivity index (χ3n) is 3.31. The molecule has 0 N–H and O–H groups in total. The first-order chi connectivity index (χ1) is 9.06. The van der Waals surface area contributed by atoms with Crippen molar-refractivity contribution in [3.05, 3.63) is 45.3 Å². The number of carbonyl (C=O) groups excluding carboxylic acids is 1. The van der Waals surface area contributed by atoms with E-state index >= 15 is 0 Å². The summed E-state index contributed by atoms with van der Waals surface area (Å²) in [4.78, 5) is 23.3. The van der Waals surface area contributed by atoms with E-state index in [1.165, 1.54) is 7.11 Å². The van der Waals surface area contributed by atoms with Gasteiger partial charge in [-0.3, -0.25) is 4.79 Å². The number of hydrogen-bond donors (Lipinski definition) is 0. The molecular formula is C15H16O4. The van der Waals surface area contributed by atoms with Crippen molar-refractivity contribution in [2.75, 3.05) is 7.11 Å². The molecule has 0 spiro atoms. The molecule has 4 heteroatoms. The molecule has 19 heavy (non-hydrogen) atoms. The van der Waals surface area contributed by atoms with Gasteiger partial charge in [0.2, 0.25) is 0 Å².